The number of nitrogens with two attached hydrogens (primary N) is 1. The van der Waals surface area contributed by atoms with Gasteiger partial charge in [-0.25, -0.2) is 15.6 Å². The number of carbonyl (C=O) groups is 1. The van der Waals surface area contributed by atoms with E-state index in [1.807, 2.05) is 25.1 Å². The predicted octanol–water partition coefficient (Wildman–Crippen LogP) is 1.91. The zero-order chi connectivity index (χ0) is 10.4. The summed E-state index contributed by atoms with van der Waals surface area (Å²) in [4.78, 5) is 11.3. The molecule has 0 aliphatic carbocycles. The Morgan fingerprint density at radius 2 is 2.07 bits per heavy atom. The average molecular weight is 194 g/mol. The summed E-state index contributed by atoms with van der Waals surface area (Å²) in [5, 5.41) is 0.996. The second-order valence-corrected chi connectivity index (χ2v) is 2.82. The molecule has 0 aliphatic heterocycles. The van der Waals surface area contributed by atoms with Gasteiger partial charge in [-0.05, 0) is 18.6 Å². The number of hydrogen-bond acceptors (Lipinski definition) is 3. The molecule has 0 aliphatic rings. The van der Waals surface area contributed by atoms with Gasteiger partial charge in [0.15, 0.2) is 0 Å². The number of amides is 1. The smallest absolute Gasteiger partial charge is 0.428 e. The van der Waals surface area contributed by atoms with Gasteiger partial charge in [0.25, 0.3) is 0 Å². The lowest BCUT2D eigenvalue weighted by atomic mass is 10.3. The van der Waals surface area contributed by atoms with Gasteiger partial charge >= 0.3 is 6.09 Å². The molecule has 0 aromatic heterocycles. The summed E-state index contributed by atoms with van der Waals surface area (Å²) >= 11 is 0. The lowest BCUT2D eigenvalue weighted by Crippen LogP contribution is -2.37. The average Bonchev–Trinajstić information content (AvgIpc) is 2.26. The number of anilines is 1. The predicted molar refractivity (Wildman–Crippen MR) is 54.7 cm³/mol. The van der Waals surface area contributed by atoms with Crippen LogP contribution in [0.3, 0.4) is 0 Å². The van der Waals surface area contributed by atoms with E-state index in [1.165, 1.54) is 0 Å². The fraction of sp³-hybridized carbons (Fsp3) is 0.300. The summed E-state index contributed by atoms with van der Waals surface area (Å²) in [6.45, 7) is 2.32. The second-order valence-electron chi connectivity index (χ2n) is 2.82. The van der Waals surface area contributed by atoms with Crippen molar-refractivity contribution in [2.24, 2.45) is 5.84 Å². The highest BCUT2D eigenvalue weighted by atomic mass is 16.6. The van der Waals surface area contributed by atoms with Crippen molar-refractivity contribution in [2.45, 2.75) is 13.3 Å². The first kappa shape index (κ1) is 10.5. The van der Waals surface area contributed by atoms with E-state index in [9.17, 15) is 4.79 Å². The van der Waals surface area contributed by atoms with Crippen LogP contribution in [0.2, 0.25) is 0 Å². The molecule has 1 amide bonds. The molecule has 1 aromatic carbocycles. The van der Waals surface area contributed by atoms with E-state index in [0.29, 0.717) is 12.3 Å². The Morgan fingerprint density at radius 3 is 2.64 bits per heavy atom. The third kappa shape index (κ3) is 2.74. The summed E-state index contributed by atoms with van der Waals surface area (Å²) < 4.78 is 4.87. The Kier molecular flexibility index (Phi) is 3.94. The van der Waals surface area contributed by atoms with E-state index in [0.717, 1.165) is 11.4 Å². The van der Waals surface area contributed by atoms with Gasteiger partial charge in [-0.1, -0.05) is 25.1 Å². The molecule has 0 bridgehead atoms. The molecule has 1 aromatic rings. The Hall–Kier alpha value is -1.55. The molecule has 14 heavy (non-hydrogen) atoms. The van der Waals surface area contributed by atoms with Gasteiger partial charge in [0.05, 0.1) is 12.3 Å². The number of carbonyl (C=O) groups excluding carboxylic acids is 1. The highest BCUT2D eigenvalue weighted by Gasteiger charge is 2.11. The lowest BCUT2D eigenvalue weighted by Gasteiger charge is -2.15. The summed E-state index contributed by atoms with van der Waals surface area (Å²) in [6.07, 6.45) is 0.256. The molecule has 0 unspecified atom stereocenters. The second kappa shape index (κ2) is 5.24. The zero-order valence-corrected chi connectivity index (χ0v) is 8.14. The fourth-order valence-corrected chi connectivity index (χ4v) is 0.953. The van der Waals surface area contributed by atoms with Crippen molar-refractivity contribution in [3.63, 3.8) is 0 Å². The van der Waals surface area contributed by atoms with E-state index in [4.69, 9.17) is 10.6 Å². The van der Waals surface area contributed by atoms with Gasteiger partial charge in [0.2, 0.25) is 0 Å². The summed E-state index contributed by atoms with van der Waals surface area (Å²) in [5.41, 5.74) is 0.619. The van der Waals surface area contributed by atoms with E-state index < -0.39 is 6.09 Å². The van der Waals surface area contributed by atoms with Gasteiger partial charge in [0.1, 0.15) is 0 Å². The van der Waals surface area contributed by atoms with Crippen molar-refractivity contribution in [1.82, 2.24) is 0 Å². The van der Waals surface area contributed by atoms with Crippen LogP contribution in [0.1, 0.15) is 13.3 Å². The molecule has 0 radical (unpaired) electrons. The number of ether oxygens (including phenoxy) is 1. The van der Waals surface area contributed by atoms with E-state index >= 15 is 0 Å². The summed E-state index contributed by atoms with van der Waals surface area (Å²) in [7, 11) is 0. The maximum absolute atomic E-state index is 11.3. The van der Waals surface area contributed by atoms with Gasteiger partial charge < -0.3 is 4.74 Å². The van der Waals surface area contributed by atoms with Crippen molar-refractivity contribution in [1.29, 1.82) is 0 Å². The molecule has 4 nitrogen and oxygen atoms in total. The van der Waals surface area contributed by atoms with E-state index in [1.54, 1.807) is 12.1 Å². The van der Waals surface area contributed by atoms with E-state index in [-0.39, 0.29) is 0 Å². The molecule has 2 N–H and O–H groups in total. The van der Waals surface area contributed by atoms with Crippen molar-refractivity contribution in [2.75, 3.05) is 11.6 Å². The minimum Gasteiger partial charge on any atom is -0.448 e. The van der Waals surface area contributed by atoms with Crippen LogP contribution in [0.25, 0.3) is 0 Å². The molecule has 0 fully saturated rings. The number of para-hydroxylation sites is 1. The molecular weight excluding hydrogens is 180 g/mol. The quantitative estimate of drug-likeness (QED) is 0.454. The summed E-state index contributed by atoms with van der Waals surface area (Å²) in [5.74, 6) is 5.54. The van der Waals surface area contributed by atoms with Crippen LogP contribution in [0, 0.1) is 0 Å². The van der Waals surface area contributed by atoms with E-state index in [2.05, 4.69) is 0 Å². The molecule has 1 rings (SSSR count). The number of nitrogens with zero attached hydrogens (tertiary/aromatic N) is 1. The SMILES string of the molecule is CCCOC(=O)N(N)c1ccccc1. The largest absolute Gasteiger partial charge is 0.448 e. The zero-order valence-electron chi connectivity index (χ0n) is 8.14. The number of rotatable bonds is 3. The van der Waals surface area contributed by atoms with Crippen molar-refractivity contribution >= 4 is 11.8 Å². The third-order valence-electron chi connectivity index (χ3n) is 1.66. The highest BCUT2D eigenvalue weighted by molar-refractivity contribution is 5.86. The van der Waals surface area contributed by atoms with Gasteiger partial charge in [-0.2, -0.15) is 0 Å². The topological polar surface area (TPSA) is 55.6 Å². The summed E-state index contributed by atoms with van der Waals surface area (Å²) in [6, 6.07) is 8.96. The molecule has 0 saturated heterocycles. The van der Waals surface area contributed by atoms with Gasteiger partial charge in [-0.15, -0.1) is 0 Å². The first-order valence-corrected chi connectivity index (χ1v) is 4.52. The molecule has 4 heteroatoms. The van der Waals surface area contributed by atoms with Crippen LogP contribution >= 0.6 is 0 Å². The van der Waals surface area contributed by atoms with Crippen LogP contribution < -0.4 is 10.9 Å². The number of benzene rings is 1. The monoisotopic (exact) mass is 194 g/mol. The highest BCUT2D eigenvalue weighted by Crippen LogP contribution is 2.09. The Labute approximate surface area is 83.2 Å². The van der Waals surface area contributed by atoms with Crippen LogP contribution in [-0.2, 0) is 4.74 Å². The van der Waals surface area contributed by atoms with Crippen LogP contribution in [-0.4, -0.2) is 12.7 Å². The molecule has 0 atom stereocenters. The fourth-order valence-electron chi connectivity index (χ4n) is 0.953. The lowest BCUT2D eigenvalue weighted by molar-refractivity contribution is 0.154. The number of hydrazine groups is 1. The Bertz CT molecular complexity index is 287. The molecule has 0 saturated carbocycles. The van der Waals surface area contributed by atoms with Gasteiger partial charge in [0, 0.05) is 0 Å². The van der Waals surface area contributed by atoms with Gasteiger partial charge in [-0.3, -0.25) is 0 Å². The molecular formula is C10H14N2O2. The molecule has 76 valence electrons. The van der Waals surface area contributed by atoms with Crippen LogP contribution in [0.5, 0.6) is 0 Å². The minimum absolute atomic E-state index is 0.388. The third-order valence-corrected chi connectivity index (χ3v) is 1.66. The Balaban J connectivity index is 2.57. The van der Waals surface area contributed by atoms with Crippen molar-refractivity contribution < 1.29 is 9.53 Å². The first-order valence-electron chi connectivity index (χ1n) is 4.52. The Morgan fingerprint density at radius 1 is 1.43 bits per heavy atom. The molecule has 0 spiro atoms. The standard InChI is InChI=1S/C10H14N2O2/c1-2-8-14-10(13)12(11)9-6-4-3-5-7-9/h3-7H,2,8,11H2,1H3. The maximum Gasteiger partial charge on any atom is 0.428 e. The maximum atomic E-state index is 11.3. The van der Waals surface area contributed by atoms with Crippen LogP contribution in [0.15, 0.2) is 30.3 Å². The van der Waals surface area contributed by atoms with Crippen LogP contribution in [0.4, 0.5) is 10.5 Å². The normalized spacial score (nSPS) is 9.57. The number of hydrogen-bond donors (Lipinski definition) is 1. The minimum atomic E-state index is -0.530. The van der Waals surface area contributed by atoms with Crippen molar-refractivity contribution in [3.05, 3.63) is 30.3 Å². The molecule has 0 heterocycles. The van der Waals surface area contributed by atoms with Crippen molar-refractivity contribution in [3.8, 4) is 0 Å². The first-order chi connectivity index (χ1) is 6.75.